The predicted octanol–water partition coefficient (Wildman–Crippen LogP) is 3.58. The Morgan fingerprint density at radius 1 is 1.53 bits per heavy atom. The van der Waals surface area contributed by atoms with E-state index in [4.69, 9.17) is 4.74 Å². The van der Waals surface area contributed by atoms with E-state index in [9.17, 15) is 4.79 Å². The van der Waals surface area contributed by atoms with Gasteiger partial charge in [-0.05, 0) is 24.6 Å². The van der Waals surface area contributed by atoms with E-state index < -0.39 is 0 Å². The Labute approximate surface area is 97.8 Å². The summed E-state index contributed by atoms with van der Waals surface area (Å²) in [6.07, 6.45) is 2.57. The molecule has 15 heavy (non-hydrogen) atoms. The quantitative estimate of drug-likeness (QED) is 0.820. The lowest BCUT2D eigenvalue weighted by Crippen LogP contribution is -2.26. The minimum atomic E-state index is 0.0659. The molecule has 80 valence electrons. The highest BCUT2D eigenvalue weighted by molar-refractivity contribution is 9.10. The van der Waals surface area contributed by atoms with E-state index in [0.717, 1.165) is 23.1 Å². The van der Waals surface area contributed by atoms with Crippen LogP contribution in [-0.2, 0) is 0 Å². The molecule has 0 spiro atoms. The molecule has 0 aliphatic carbocycles. The SMILES string of the molecule is CCC[C@H]1CC(=O)c2cc(Br)ccc2O1. The molecule has 0 amide bonds. The van der Waals surface area contributed by atoms with E-state index in [-0.39, 0.29) is 11.9 Å². The predicted molar refractivity (Wildman–Crippen MR) is 62.4 cm³/mol. The lowest BCUT2D eigenvalue weighted by molar-refractivity contribution is 0.0838. The summed E-state index contributed by atoms with van der Waals surface area (Å²) in [4.78, 5) is 11.8. The topological polar surface area (TPSA) is 26.3 Å². The Morgan fingerprint density at radius 3 is 3.07 bits per heavy atom. The maximum absolute atomic E-state index is 11.8. The molecule has 0 radical (unpaired) electrons. The summed E-state index contributed by atoms with van der Waals surface area (Å²) in [5.74, 6) is 0.920. The van der Waals surface area contributed by atoms with Gasteiger partial charge in [0.15, 0.2) is 5.78 Å². The summed E-state index contributed by atoms with van der Waals surface area (Å²) < 4.78 is 6.68. The highest BCUT2D eigenvalue weighted by Crippen LogP contribution is 2.31. The Balaban J connectivity index is 2.28. The molecule has 2 nitrogen and oxygen atoms in total. The van der Waals surface area contributed by atoms with Gasteiger partial charge in [-0.2, -0.15) is 0 Å². The molecule has 0 aromatic heterocycles. The zero-order valence-electron chi connectivity index (χ0n) is 8.63. The summed E-state index contributed by atoms with van der Waals surface area (Å²) in [6.45, 7) is 2.10. The molecule has 1 heterocycles. The van der Waals surface area contributed by atoms with Crippen molar-refractivity contribution in [3.63, 3.8) is 0 Å². The Kier molecular flexibility index (Phi) is 3.10. The second kappa shape index (κ2) is 4.35. The molecule has 0 N–H and O–H groups in total. The van der Waals surface area contributed by atoms with Crippen LogP contribution < -0.4 is 4.74 Å². The van der Waals surface area contributed by atoms with Crippen LogP contribution in [0.3, 0.4) is 0 Å². The van der Waals surface area contributed by atoms with Crippen molar-refractivity contribution in [2.45, 2.75) is 32.3 Å². The van der Waals surface area contributed by atoms with Crippen molar-refractivity contribution < 1.29 is 9.53 Å². The van der Waals surface area contributed by atoms with Gasteiger partial charge in [-0.3, -0.25) is 4.79 Å². The van der Waals surface area contributed by atoms with Crippen molar-refractivity contribution in [2.75, 3.05) is 0 Å². The van der Waals surface area contributed by atoms with Crippen LogP contribution in [0.5, 0.6) is 5.75 Å². The Morgan fingerprint density at radius 2 is 2.33 bits per heavy atom. The second-order valence-corrected chi connectivity index (χ2v) is 4.71. The number of ether oxygens (including phenoxy) is 1. The van der Waals surface area contributed by atoms with Gasteiger partial charge in [0.05, 0.1) is 5.56 Å². The number of ketones is 1. The molecule has 0 saturated heterocycles. The van der Waals surface area contributed by atoms with Crippen LogP contribution in [0.15, 0.2) is 22.7 Å². The van der Waals surface area contributed by atoms with Gasteiger partial charge in [0.2, 0.25) is 0 Å². The Bertz CT molecular complexity index is 387. The Hall–Kier alpha value is -0.830. The van der Waals surface area contributed by atoms with Crippen molar-refractivity contribution in [1.82, 2.24) is 0 Å². The molecule has 0 saturated carbocycles. The fourth-order valence-corrected chi connectivity index (χ4v) is 2.20. The largest absolute Gasteiger partial charge is 0.489 e. The van der Waals surface area contributed by atoms with Gasteiger partial charge in [0.25, 0.3) is 0 Å². The highest BCUT2D eigenvalue weighted by atomic mass is 79.9. The van der Waals surface area contributed by atoms with Crippen LogP contribution in [0.4, 0.5) is 0 Å². The maximum atomic E-state index is 11.8. The molecule has 2 rings (SSSR count). The average molecular weight is 269 g/mol. The summed E-state index contributed by atoms with van der Waals surface area (Å²) in [5, 5.41) is 0. The third-order valence-corrected chi connectivity index (χ3v) is 3.05. The number of benzene rings is 1. The first-order chi connectivity index (χ1) is 7.20. The summed E-state index contributed by atoms with van der Waals surface area (Å²) in [7, 11) is 0. The molecular weight excluding hydrogens is 256 g/mol. The van der Waals surface area contributed by atoms with E-state index in [1.54, 1.807) is 0 Å². The molecule has 0 bridgehead atoms. The van der Waals surface area contributed by atoms with Crippen LogP contribution in [0.25, 0.3) is 0 Å². The summed E-state index contributed by atoms with van der Waals surface area (Å²) in [6, 6.07) is 5.60. The smallest absolute Gasteiger partial charge is 0.170 e. The maximum Gasteiger partial charge on any atom is 0.170 e. The minimum absolute atomic E-state index is 0.0659. The van der Waals surface area contributed by atoms with Gasteiger partial charge in [0, 0.05) is 10.9 Å². The minimum Gasteiger partial charge on any atom is -0.489 e. The van der Waals surface area contributed by atoms with Crippen molar-refractivity contribution in [3.05, 3.63) is 28.2 Å². The number of hydrogen-bond donors (Lipinski definition) is 0. The van der Waals surface area contributed by atoms with E-state index in [2.05, 4.69) is 22.9 Å². The third kappa shape index (κ3) is 2.23. The van der Waals surface area contributed by atoms with Crippen LogP contribution in [-0.4, -0.2) is 11.9 Å². The monoisotopic (exact) mass is 268 g/mol. The van der Waals surface area contributed by atoms with Gasteiger partial charge in [-0.1, -0.05) is 29.3 Å². The van der Waals surface area contributed by atoms with Gasteiger partial charge < -0.3 is 4.74 Å². The lowest BCUT2D eigenvalue weighted by atomic mass is 9.98. The molecule has 3 heteroatoms. The third-order valence-electron chi connectivity index (χ3n) is 2.56. The van der Waals surface area contributed by atoms with E-state index in [0.29, 0.717) is 12.0 Å². The van der Waals surface area contributed by atoms with E-state index in [1.807, 2.05) is 18.2 Å². The number of halogens is 1. The first-order valence-electron chi connectivity index (χ1n) is 5.20. The molecule has 1 aromatic carbocycles. The fraction of sp³-hybridized carbons (Fsp3) is 0.417. The number of carbonyl (C=O) groups excluding carboxylic acids is 1. The number of rotatable bonds is 2. The molecular formula is C12H13BrO2. The second-order valence-electron chi connectivity index (χ2n) is 3.80. The van der Waals surface area contributed by atoms with E-state index >= 15 is 0 Å². The molecule has 1 atom stereocenters. The van der Waals surface area contributed by atoms with Gasteiger partial charge in [-0.25, -0.2) is 0 Å². The molecule has 1 aliphatic heterocycles. The summed E-state index contributed by atoms with van der Waals surface area (Å²) in [5.41, 5.74) is 0.705. The normalized spacial score (nSPS) is 19.6. The first kappa shape index (κ1) is 10.7. The zero-order chi connectivity index (χ0) is 10.8. The number of Topliss-reactive ketones (excluding diaryl/α,β-unsaturated/α-hetero) is 1. The van der Waals surface area contributed by atoms with Crippen LogP contribution >= 0.6 is 15.9 Å². The first-order valence-corrected chi connectivity index (χ1v) is 5.99. The van der Waals surface area contributed by atoms with Crippen molar-refractivity contribution in [2.24, 2.45) is 0 Å². The summed E-state index contributed by atoms with van der Waals surface area (Å²) >= 11 is 3.36. The van der Waals surface area contributed by atoms with Crippen molar-refractivity contribution in [3.8, 4) is 5.75 Å². The van der Waals surface area contributed by atoms with Gasteiger partial charge in [0.1, 0.15) is 11.9 Å². The van der Waals surface area contributed by atoms with Gasteiger partial charge in [-0.15, -0.1) is 0 Å². The number of carbonyl (C=O) groups is 1. The zero-order valence-corrected chi connectivity index (χ0v) is 10.2. The molecule has 0 unspecified atom stereocenters. The van der Waals surface area contributed by atoms with Crippen molar-refractivity contribution in [1.29, 1.82) is 0 Å². The van der Waals surface area contributed by atoms with Crippen molar-refractivity contribution >= 4 is 21.7 Å². The highest BCUT2D eigenvalue weighted by Gasteiger charge is 2.25. The van der Waals surface area contributed by atoms with E-state index in [1.165, 1.54) is 0 Å². The molecule has 0 fully saturated rings. The average Bonchev–Trinajstić information content (AvgIpc) is 2.20. The number of hydrogen-bond acceptors (Lipinski definition) is 2. The van der Waals surface area contributed by atoms with Crippen LogP contribution in [0.2, 0.25) is 0 Å². The molecule has 1 aromatic rings. The molecule has 1 aliphatic rings. The lowest BCUT2D eigenvalue weighted by Gasteiger charge is -2.24. The fourth-order valence-electron chi connectivity index (χ4n) is 1.84. The van der Waals surface area contributed by atoms with Crippen LogP contribution in [0.1, 0.15) is 36.5 Å². The number of fused-ring (bicyclic) bond motifs is 1. The standard InChI is InChI=1S/C12H13BrO2/c1-2-3-9-7-11(14)10-6-8(13)4-5-12(10)15-9/h4-6,9H,2-3,7H2,1H3/t9-/m0/s1. The van der Waals surface area contributed by atoms with Gasteiger partial charge >= 0.3 is 0 Å². The van der Waals surface area contributed by atoms with Crippen LogP contribution in [0, 0.1) is 0 Å².